The van der Waals surface area contributed by atoms with Gasteiger partial charge in [0.15, 0.2) is 0 Å². The van der Waals surface area contributed by atoms with Gasteiger partial charge in [-0.25, -0.2) is 8.42 Å². The maximum Gasteiger partial charge on any atom is 0.269 e. The molecule has 0 bridgehead atoms. The van der Waals surface area contributed by atoms with Crippen LogP contribution in [0.25, 0.3) is 11.6 Å². The molecule has 2 N–H and O–H groups in total. The number of nitrogens with one attached hydrogen (secondary N) is 2. The number of non-ortho nitro benzene ring substituents is 1. The van der Waals surface area contributed by atoms with Gasteiger partial charge in [0.05, 0.1) is 15.4 Å². The highest BCUT2D eigenvalue weighted by Crippen LogP contribution is 2.36. The van der Waals surface area contributed by atoms with Crippen LogP contribution in [0.2, 0.25) is 0 Å². The molecule has 4 rings (SSSR count). The summed E-state index contributed by atoms with van der Waals surface area (Å²) >= 11 is 1.49. The van der Waals surface area contributed by atoms with Crippen molar-refractivity contribution in [1.82, 2.24) is 0 Å². The zero-order chi connectivity index (χ0) is 20.6. The summed E-state index contributed by atoms with van der Waals surface area (Å²) < 4.78 is 27.7. The van der Waals surface area contributed by atoms with Gasteiger partial charge in [-0.05, 0) is 47.9 Å². The van der Waals surface area contributed by atoms with Crippen LogP contribution in [0.3, 0.4) is 0 Å². The summed E-state index contributed by atoms with van der Waals surface area (Å²) in [6.07, 6.45) is 1.75. The number of carbonyl (C=O) groups excluding carboxylic acids is 1. The molecule has 1 aliphatic rings. The number of hydrogen-bond acceptors (Lipinski definition) is 6. The first kappa shape index (κ1) is 18.8. The summed E-state index contributed by atoms with van der Waals surface area (Å²) in [6, 6.07) is 13.1. The van der Waals surface area contributed by atoms with Crippen molar-refractivity contribution in [3.05, 3.63) is 80.5 Å². The van der Waals surface area contributed by atoms with E-state index >= 15 is 0 Å². The molecule has 1 aromatic heterocycles. The van der Waals surface area contributed by atoms with Gasteiger partial charge in [0.1, 0.15) is 0 Å². The number of nitrogens with zero attached hydrogens (tertiary/aromatic N) is 1. The number of nitro benzene ring substituents is 1. The van der Waals surface area contributed by atoms with Crippen LogP contribution < -0.4 is 10.0 Å². The van der Waals surface area contributed by atoms with E-state index in [0.29, 0.717) is 16.8 Å². The summed E-state index contributed by atoms with van der Waals surface area (Å²) in [6.45, 7) is 0. The number of nitro groups is 1. The maximum atomic E-state index is 12.6. The Bertz CT molecular complexity index is 1250. The highest BCUT2D eigenvalue weighted by atomic mass is 32.2. The monoisotopic (exact) mass is 427 g/mol. The predicted octanol–water partition coefficient (Wildman–Crippen LogP) is 3.95. The van der Waals surface area contributed by atoms with Gasteiger partial charge < -0.3 is 5.32 Å². The summed E-state index contributed by atoms with van der Waals surface area (Å²) in [4.78, 5) is 23.2. The molecule has 0 unspecified atom stereocenters. The number of benzene rings is 2. The van der Waals surface area contributed by atoms with Gasteiger partial charge in [-0.1, -0.05) is 6.07 Å². The third kappa shape index (κ3) is 3.75. The fourth-order valence-corrected chi connectivity index (χ4v) is 4.58. The normalized spacial score (nSPS) is 14.5. The van der Waals surface area contributed by atoms with E-state index in [9.17, 15) is 23.3 Å². The van der Waals surface area contributed by atoms with E-state index < -0.39 is 14.9 Å². The van der Waals surface area contributed by atoms with E-state index in [1.165, 1.54) is 29.5 Å². The lowest BCUT2D eigenvalue weighted by Crippen LogP contribution is -2.13. The molecule has 8 nitrogen and oxygen atoms in total. The Morgan fingerprint density at radius 3 is 2.52 bits per heavy atom. The van der Waals surface area contributed by atoms with Crippen LogP contribution in [0.5, 0.6) is 0 Å². The van der Waals surface area contributed by atoms with E-state index in [1.807, 2.05) is 17.5 Å². The second-order valence-electron chi connectivity index (χ2n) is 6.14. The first-order valence-corrected chi connectivity index (χ1v) is 10.7. The van der Waals surface area contributed by atoms with Crippen LogP contribution in [-0.2, 0) is 14.8 Å². The molecule has 2 heterocycles. The molecule has 0 aliphatic carbocycles. The van der Waals surface area contributed by atoms with Crippen LogP contribution in [0, 0.1) is 10.1 Å². The zero-order valence-corrected chi connectivity index (χ0v) is 16.3. The second-order valence-corrected chi connectivity index (χ2v) is 8.81. The lowest BCUT2D eigenvalue weighted by atomic mass is 10.1. The number of amides is 1. The van der Waals surface area contributed by atoms with E-state index in [1.54, 1.807) is 18.2 Å². The number of rotatable bonds is 5. The smallest absolute Gasteiger partial charge is 0.269 e. The summed E-state index contributed by atoms with van der Waals surface area (Å²) in [7, 11) is -3.95. The number of fused-ring (bicyclic) bond motifs is 1. The molecule has 0 saturated carbocycles. The molecule has 10 heteroatoms. The Labute approximate surface area is 169 Å². The van der Waals surface area contributed by atoms with E-state index in [2.05, 4.69) is 10.0 Å². The Hall–Kier alpha value is -3.50. The Kier molecular flexibility index (Phi) is 4.65. The molecule has 0 atom stereocenters. The summed E-state index contributed by atoms with van der Waals surface area (Å²) in [5.41, 5.74) is 1.70. The largest absolute Gasteiger partial charge is 0.321 e. The molecule has 1 aliphatic heterocycles. The van der Waals surface area contributed by atoms with Gasteiger partial charge in [-0.3, -0.25) is 19.6 Å². The average molecular weight is 427 g/mol. The SMILES string of the molecule is O=C1Nc2ccc(NS(=O)(=O)c3ccc([N+](=O)[O-])cc3)cc2/C1=C\c1cccs1. The van der Waals surface area contributed by atoms with Crippen molar-refractivity contribution >= 4 is 56.0 Å². The third-order valence-electron chi connectivity index (χ3n) is 4.24. The minimum absolute atomic E-state index is 0.104. The van der Waals surface area contributed by atoms with Crippen molar-refractivity contribution in [3.63, 3.8) is 0 Å². The van der Waals surface area contributed by atoms with Gasteiger partial charge >= 0.3 is 0 Å². The van der Waals surface area contributed by atoms with E-state index in [-0.39, 0.29) is 22.2 Å². The van der Waals surface area contributed by atoms with Crippen molar-refractivity contribution in [2.45, 2.75) is 4.90 Å². The topological polar surface area (TPSA) is 118 Å². The van der Waals surface area contributed by atoms with Gasteiger partial charge in [-0.15, -0.1) is 11.3 Å². The van der Waals surface area contributed by atoms with Gasteiger partial charge in [0, 0.05) is 33.9 Å². The van der Waals surface area contributed by atoms with Gasteiger partial charge in [0.25, 0.3) is 21.6 Å². The van der Waals surface area contributed by atoms with Crippen molar-refractivity contribution in [3.8, 4) is 0 Å². The fourth-order valence-electron chi connectivity index (χ4n) is 2.87. The third-order valence-corrected chi connectivity index (χ3v) is 6.46. The number of thiophene rings is 1. The minimum atomic E-state index is -3.95. The molecular formula is C19H13N3O5S2. The Morgan fingerprint density at radius 1 is 1.10 bits per heavy atom. The molecule has 0 radical (unpaired) electrons. The molecule has 29 heavy (non-hydrogen) atoms. The molecule has 0 spiro atoms. The highest BCUT2D eigenvalue weighted by Gasteiger charge is 2.25. The number of sulfonamides is 1. The average Bonchev–Trinajstić information content (AvgIpc) is 3.30. The summed E-state index contributed by atoms with van der Waals surface area (Å²) in [5.74, 6) is -0.260. The van der Waals surface area contributed by atoms with Crippen molar-refractivity contribution in [1.29, 1.82) is 0 Å². The van der Waals surface area contributed by atoms with Crippen LogP contribution in [0.4, 0.5) is 17.1 Å². The van der Waals surface area contributed by atoms with Crippen molar-refractivity contribution in [2.75, 3.05) is 10.0 Å². The molecular weight excluding hydrogens is 414 g/mol. The van der Waals surface area contributed by atoms with Gasteiger partial charge in [-0.2, -0.15) is 0 Å². The van der Waals surface area contributed by atoms with E-state index in [0.717, 1.165) is 17.0 Å². The van der Waals surface area contributed by atoms with E-state index in [4.69, 9.17) is 0 Å². The second kappa shape index (κ2) is 7.15. The molecule has 3 aromatic rings. The number of carbonyl (C=O) groups is 1. The van der Waals surface area contributed by atoms with Crippen LogP contribution >= 0.6 is 11.3 Å². The molecule has 0 fully saturated rings. The molecule has 2 aromatic carbocycles. The highest BCUT2D eigenvalue weighted by molar-refractivity contribution is 7.92. The minimum Gasteiger partial charge on any atom is -0.321 e. The standard InChI is InChI=1S/C19H13N3O5S2/c23-19-17(11-14-2-1-9-28-14)16-10-12(3-8-18(16)20-19)21-29(26,27)15-6-4-13(5-7-15)22(24)25/h1-11,21H,(H,20,23)/b17-11+. The Balaban J connectivity index is 1.65. The molecule has 1 amide bonds. The Morgan fingerprint density at radius 2 is 1.86 bits per heavy atom. The quantitative estimate of drug-likeness (QED) is 0.363. The number of hydrogen-bond donors (Lipinski definition) is 2. The lowest BCUT2D eigenvalue weighted by molar-refractivity contribution is -0.384. The molecule has 0 saturated heterocycles. The zero-order valence-electron chi connectivity index (χ0n) is 14.7. The predicted molar refractivity (Wildman–Crippen MR) is 111 cm³/mol. The lowest BCUT2D eigenvalue weighted by Gasteiger charge is -2.09. The first-order valence-electron chi connectivity index (χ1n) is 8.32. The molecule has 146 valence electrons. The van der Waals surface area contributed by atoms with Gasteiger partial charge in [0.2, 0.25) is 0 Å². The van der Waals surface area contributed by atoms with Crippen LogP contribution in [0.1, 0.15) is 10.4 Å². The summed E-state index contributed by atoms with van der Waals surface area (Å²) in [5, 5.41) is 15.4. The fraction of sp³-hybridized carbons (Fsp3) is 0. The first-order chi connectivity index (χ1) is 13.8. The van der Waals surface area contributed by atoms with Crippen molar-refractivity contribution in [2.24, 2.45) is 0 Å². The van der Waals surface area contributed by atoms with Crippen LogP contribution in [0.15, 0.2) is 64.9 Å². The van der Waals surface area contributed by atoms with Crippen molar-refractivity contribution < 1.29 is 18.1 Å². The number of anilines is 2. The van der Waals surface area contributed by atoms with Crippen LogP contribution in [-0.4, -0.2) is 19.2 Å². The maximum absolute atomic E-state index is 12.6.